The maximum atomic E-state index is 13.3. The van der Waals surface area contributed by atoms with Gasteiger partial charge in [-0.15, -0.1) is 6.58 Å². The topological polar surface area (TPSA) is 95.5 Å². The molecule has 3 aromatic carbocycles. The van der Waals surface area contributed by atoms with Gasteiger partial charge in [-0.05, 0) is 55.6 Å². The number of aliphatic hydroxyl groups excluding tert-OH is 1. The van der Waals surface area contributed by atoms with Crippen LogP contribution in [-0.4, -0.2) is 62.2 Å². The van der Waals surface area contributed by atoms with Crippen LogP contribution in [0.15, 0.2) is 104 Å². The fourth-order valence-corrected chi connectivity index (χ4v) is 6.23. The van der Waals surface area contributed by atoms with Crippen molar-refractivity contribution in [1.82, 2.24) is 5.32 Å². The Morgan fingerprint density at radius 2 is 1.22 bits per heavy atom. The predicted octanol–water partition coefficient (Wildman–Crippen LogP) is 8.20. The normalized spacial score (nSPS) is 15.4. The first-order valence-corrected chi connectivity index (χ1v) is 19.9. The highest BCUT2D eigenvalue weighted by Gasteiger charge is 2.46. The molecule has 0 aliphatic rings. The van der Waals surface area contributed by atoms with E-state index in [1.54, 1.807) is 20.8 Å². The second kappa shape index (κ2) is 18.6. The average molecular weight is 692 g/mol. The molecule has 0 aliphatic carbocycles. The molecule has 0 heterocycles. The third kappa shape index (κ3) is 13.5. The first kappa shape index (κ1) is 40.1. The zero-order valence-electron chi connectivity index (χ0n) is 30.6. The second-order valence-corrected chi connectivity index (χ2v) is 19.6. The molecule has 3 aromatic rings. The average Bonchev–Trinajstić information content (AvgIpc) is 3.04. The van der Waals surface area contributed by atoms with Crippen molar-refractivity contribution in [3.05, 3.63) is 120 Å². The Balaban J connectivity index is 2.13. The van der Waals surface area contributed by atoms with Gasteiger partial charge in [0.05, 0.1) is 44.7 Å². The number of alkyl carbamates (subject to hydrolysis) is 1. The SMILES string of the molecule is C=C[C@H](O)[C@H](NC(=O)OC(C)(C)C)[C@@H](OCc1ccccc1)[C@H](OCc1ccccc1)[C@H](COCc1ccccc1)O[Si](C)(C)C(C)(C)C. The van der Waals surface area contributed by atoms with Crippen molar-refractivity contribution in [3.63, 3.8) is 0 Å². The molecule has 268 valence electrons. The van der Waals surface area contributed by atoms with Crippen molar-refractivity contribution in [2.75, 3.05) is 6.61 Å². The lowest BCUT2D eigenvalue weighted by molar-refractivity contribution is -0.158. The first-order valence-electron chi connectivity index (χ1n) is 17.0. The third-order valence-electron chi connectivity index (χ3n) is 8.55. The maximum Gasteiger partial charge on any atom is 0.408 e. The molecule has 1 amide bonds. The molecule has 0 saturated carbocycles. The summed E-state index contributed by atoms with van der Waals surface area (Å²) in [5.41, 5.74) is 2.13. The highest BCUT2D eigenvalue weighted by atomic mass is 28.4. The summed E-state index contributed by atoms with van der Waals surface area (Å²) in [7, 11) is -2.45. The summed E-state index contributed by atoms with van der Waals surface area (Å²) in [5, 5.41) is 14.2. The van der Waals surface area contributed by atoms with Crippen LogP contribution < -0.4 is 5.32 Å². The van der Waals surface area contributed by atoms with E-state index in [4.69, 9.17) is 23.4 Å². The minimum absolute atomic E-state index is 0.135. The molecule has 5 atom stereocenters. The predicted molar refractivity (Wildman–Crippen MR) is 198 cm³/mol. The zero-order chi connectivity index (χ0) is 36.1. The summed E-state index contributed by atoms with van der Waals surface area (Å²) in [6.45, 7) is 21.1. The van der Waals surface area contributed by atoms with E-state index in [0.29, 0.717) is 6.61 Å². The smallest absolute Gasteiger partial charge is 0.408 e. The van der Waals surface area contributed by atoms with E-state index in [0.717, 1.165) is 16.7 Å². The maximum absolute atomic E-state index is 13.3. The van der Waals surface area contributed by atoms with Crippen molar-refractivity contribution < 1.29 is 33.3 Å². The number of ether oxygens (including phenoxy) is 4. The van der Waals surface area contributed by atoms with Crippen molar-refractivity contribution in [2.24, 2.45) is 0 Å². The monoisotopic (exact) mass is 691 g/mol. The van der Waals surface area contributed by atoms with E-state index < -0.39 is 50.5 Å². The van der Waals surface area contributed by atoms with Crippen LogP contribution in [0.3, 0.4) is 0 Å². The van der Waals surface area contributed by atoms with E-state index in [9.17, 15) is 9.90 Å². The zero-order valence-corrected chi connectivity index (χ0v) is 31.6. The molecule has 3 rings (SSSR count). The molecule has 0 aliphatic heterocycles. The highest BCUT2D eigenvalue weighted by molar-refractivity contribution is 6.74. The van der Waals surface area contributed by atoms with Gasteiger partial charge in [-0.3, -0.25) is 0 Å². The summed E-state index contributed by atoms with van der Waals surface area (Å²) in [5.74, 6) is 0. The van der Waals surface area contributed by atoms with Crippen LogP contribution in [0.25, 0.3) is 0 Å². The van der Waals surface area contributed by atoms with Crippen molar-refractivity contribution in [3.8, 4) is 0 Å². The Kier molecular flexibility index (Phi) is 15.2. The van der Waals surface area contributed by atoms with Crippen LogP contribution in [0.2, 0.25) is 18.1 Å². The van der Waals surface area contributed by atoms with Crippen LogP contribution in [0.1, 0.15) is 58.2 Å². The Hall–Kier alpha value is -3.31. The van der Waals surface area contributed by atoms with Gasteiger partial charge in [0.2, 0.25) is 0 Å². The number of carbonyl (C=O) groups excluding carboxylic acids is 1. The highest BCUT2D eigenvalue weighted by Crippen LogP contribution is 2.38. The quantitative estimate of drug-likeness (QED) is 0.103. The number of carbonyl (C=O) groups is 1. The van der Waals surface area contributed by atoms with Crippen LogP contribution in [0.4, 0.5) is 4.79 Å². The summed E-state index contributed by atoms with van der Waals surface area (Å²) in [4.78, 5) is 13.3. The fourth-order valence-electron chi connectivity index (χ4n) is 4.92. The summed E-state index contributed by atoms with van der Waals surface area (Å²) >= 11 is 0. The van der Waals surface area contributed by atoms with Gasteiger partial charge in [0, 0.05) is 0 Å². The lowest BCUT2D eigenvalue weighted by atomic mass is 9.96. The van der Waals surface area contributed by atoms with E-state index in [1.807, 2.05) is 91.0 Å². The van der Waals surface area contributed by atoms with Gasteiger partial charge >= 0.3 is 6.09 Å². The molecular weight excluding hydrogens is 635 g/mol. The van der Waals surface area contributed by atoms with E-state index >= 15 is 0 Å². The standard InChI is InChI=1S/C40H57NO7Si/c1-10-33(42)35(41-38(43)47-39(2,3)4)37(46-28-32-24-18-13-19-25-32)36(45-27-31-22-16-12-17-23-31)34(48-49(8,9)40(5,6)7)29-44-26-30-20-14-11-15-21-30/h10-25,33-37,42H,1,26-29H2,2-9H3,(H,41,43)/t33-,34-,35-,36+,37+/m0/s1. The molecule has 0 unspecified atom stereocenters. The molecular formula is C40H57NO7Si. The van der Waals surface area contributed by atoms with Crippen molar-refractivity contribution in [1.29, 1.82) is 0 Å². The fraction of sp³-hybridized carbons (Fsp3) is 0.475. The molecule has 0 radical (unpaired) electrons. The Morgan fingerprint density at radius 1 is 0.776 bits per heavy atom. The van der Waals surface area contributed by atoms with Crippen molar-refractivity contribution >= 4 is 14.4 Å². The van der Waals surface area contributed by atoms with E-state index in [1.165, 1.54) is 6.08 Å². The Bertz CT molecular complexity index is 1390. The molecule has 0 aromatic heterocycles. The van der Waals surface area contributed by atoms with Gasteiger partial charge in [-0.25, -0.2) is 4.79 Å². The molecule has 49 heavy (non-hydrogen) atoms. The molecule has 0 saturated heterocycles. The third-order valence-corrected chi connectivity index (χ3v) is 13.1. The Labute approximate surface area is 294 Å². The molecule has 0 fully saturated rings. The lowest BCUT2D eigenvalue weighted by Crippen LogP contribution is -2.61. The lowest BCUT2D eigenvalue weighted by Gasteiger charge is -2.44. The Morgan fingerprint density at radius 3 is 1.65 bits per heavy atom. The first-order chi connectivity index (χ1) is 23.1. The van der Waals surface area contributed by atoms with Gasteiger partial charge in [0.15, 0.2) is 8.32 Å². The number of aliphatic hydroxyl groups is 1. The van der Waals surface area contributed by atoms with Crippen LogP contribution in [0.5, 0.6) is 0 Å². The number of benzene rings is 3. The summed E-state index contributed by atoms with van der Waals surface area (Å²) < 4.78 is 32.7. The number of hydrogen-bond acceptors (Lipinski definition) is 7. The molecule has 0 bridgehead atoms. The summed E-state index contributed by atoms with van der Waals surface area (Å²) in [6, 6.07) is 28.5. The van der Waals surface area contributed by atoms with Gasteiger partial charge < -0.3 is 33.8 Å². The number of amides is 1. The van der Waals surface area contributed by atoms with Gasteiger partial charge in [-0.2, -0.15) is 0 Å². The van der Waals surface area contributed by atoms with Gasteiger partial charge in [-0.1, -0.05) is 118 Å². The minimum atomic E-state index is -2.45. The molecule has 9 heteroatoms. The largest absolute Gasteiger partial charge is 0.444 e. The molecule has 0 spiro atoms. The molecule has 2 N–H and O–H groups in total. The van der Waals surface area contributed by atoms with Crippen LogP contribution >= 0.6 is 0 Å². The number of hydrogen-bond donors (Lipinski definition) is 2. The van der Waals surface area contributed by atoms with Gasteiger partial charge in [0.1, 0.15) is 17.8 Å². The number of rotatable bonds is 18. The van der Waals surface area contributed by atoms with E-state index in [-0.39, 0.29) is 24.9 Å². The van der Waals surface area contributed by atoms with Crippen LogP contribution in [0, 0.1) is 0 Å². The number of nitrogens with one attached hydrogen (secondary N) is 1. The van der Waals surface area contributed by atoms with E-state index in [2.05, 4.69) is 45.8 Å². The second-order valence-electron chi connectivity index (χ2n) is 14.8. The van der Waals surface area contributed by atoms with Gasteiger partial charge in [0.25, 0.3) is 0 Å². The van der Waals surface area contributed by atoms with Crippen LogP contribution in [-0.2, 0) is 43.2 Å². The minimum Gasteiger partial charge on any atom is -0.444 e. The molecule has 8 nitrogen and oxygen atoms in total. The van der Waals surface area contributed by atoms with Crippen molar-refractivity contribution in [2.45, 2.75) is 116 Å². The summed E-state index contributed by atoms with van der Waals surface area (Å²) in [6.07, 6.45) is -2.92.